The van der Waals surface area contributed by atoms with E-state index in [1.54, 1.807) is 24.3 Å². The molecule has 0 amide bonds. The van der Waals surface area contributed by atoms with Crippen molar-refractivity contribution in [3.05, 3.63) is 102 Å². The Morgan fingerprint density at radius 2 is 1.39 bits per heavy atom. The van der Waals surface area contributed by atoms with Crippen LogP contribution in [0.1, 0.15) is 23.2 Å². The third kappa shape index (κ3) is 5.32. The van der Waals surface area contributed by atoms with Gasteiger partial charge in [-0.15, -0.1) is 0 Å². The van der Waals surface area contributed by atoms with Crippen LogP contribution in [-0.2, 0) is 9.53 Å². The van der Waals surface area contributed by atoms with Crippen molar-refractivity contribution in [2.24, 2.45) is 0 Å². The number of hydrogen-bond acceptors (Lipinski definition) is 5. The molecule has 1 fully saturated rings. The number of rotatable bonds is 6. The standard InChI is InChI=1S/C24H20F4N2O3/c25-18-12-7-13-19(14-18)32-15-23(33-22(31)24(26,27)28)29-20(16-8-3-1-4-9-16)21(30-23)17-10-5-2-6-11-17/h1-14,20-21,29-30H,15H2. The Bertz CT molecular complexity index is 1050. The van der Waals surface area contributed by atoms with Crippen LogP contribution < -0.4 is 15.4 Å². The number of carbonyl (C=O) groups excluding carboxylic acids is 1. The highest BCUT2D eigenvalue weighted by molar-refractivity contribution is 5.76. The van der Waals surface area contributed by atoms with Crippen LogP contribution in [0.2, 0.25) is 0 Å². The molecular formula is C24H20F4N2O3. The van der Waals surface area contributed by atoms with Crippen LogP contribution >= 0.6 is 0 Å². The molecule has 2 atom stereocenters. The van der Waals surface area contributed by atoms with Crippen molar-refractivity contribution in [3.8, 4) is 5.75 Å². The molecule has 0 spiro atoms. The molecule has 1 aliphatic heterocycles. The largest absolute Gasteiger partial charge is 0.491 e. The normalized spacial score (nSPS) is 22.7. The van der Waals surface area contributed by atoms with E-state index in [-0.39, 0.29) is 5.75 Å². The fourth-order valence-corrected chi connectivity index (χ4v) is 3.71. The van der Waals surface area contributed by atoms with Gasteiger partial charge in [-0.1, -0.05) is 66.7 Å². The van der Waals surface area contributed by atoms with Gasteiger partial charge < -0.3 is 9.47 Å². The summed E-state index contributed by atoms with van der Waals surface area (Å²) < 4.78 is 63.3. The predicted molar refractivity (Wildman–Crippen MR) is 111 cm³/mol. The summed E-state index contributed by atoms with van der Waals surface area (Å²) in [4.78, 5) is 11.8. The van der Waals surface area contributed by atoms with Crippen molar-refractivity contribution < 1.29 is 31.8 Å². The molecule has 5 nitrogen and oxygen atoms in total. The number of ether oxygens (including phenoxy) is 2. The lowest BCUT2D eigenvalue weighted by Crippen LogP contribution is -2.59. The minimum Gasteiger partial charge on any atom is -0.486 e. The first-order valence-corrected chi connectivity index (χ1v) is 10.1. The van der Waals surface area contributed by atoms with E-state index in [4.69, 9.17) is 9.47 Å². The van der Waals surface area contributed by atoms with E-state index in [0.717, 1.165) is 17.2 Å². The van der Waals surface area contributed by atoms with Crippen LogP contribution in [0, 0.1) is 5.82 Å². The average molecular weight is 460 g/mol. The minimum absolute atomic E-state index is 0.0699. The lowest BCUT2D eigenvalue weighted by atomic mass is 9.95. The lowest BCUT2D eigenvalue weighted by Gasteiger charge is -2.30. The third-order valence-electron chi connectivity index (χ3n) is 5.16. The number of hydrogen-bond donors (Lipinski definition) is 2. The van der Waals surface area contributed by atoms with E-state index in [9.17, 15) is 22.4 Å². The first kappa shape index (κ1) is 22.8. The molecule has 3 aromatic carbocycles. The molecule has 2 N–H and O–H groups in total. The van der Waals surface area contributed by atoms with Gasteiger partial charge in [0.05, 0.1) is 12.1 Å². The van der Waals surface area contributed by atoms with Gasteiger partial charge in [0.25, 0.3) is 5.85 Å². The van der Waals surface area contributed by atoms with E-state index in [2.05, 4.69) is 10.6 Å². The van der Waals surface area contributed by atoms with Crippen LogP contribution in [0.25, 0.3) is 0 Å². The summed E-state index contributed by atoms with van der Waals surface area (Å²) in [5.41, 5.74) is 1.52. The molecular weight excluding hydrogens is 440 g/mol. The van der Waals surface area contributed by atoms with Crippen LogP contribution in [0.15, 0.2) is 84.9 Å². The molecule has 0 saturated carbocycles. The fraction of sp³-hybridized carbons (Fsp3) is 0.208. The van der Waals surface area contributed by atoms with Gasteiger partial charge in [0.15, 0.2) is 6.61 Å². The van der Waals surface area contributed by atoms with Gasteiger partial charge in [-0.25, -0.2) is 9.18 Å². The summed E-state index contributed by atoms with van der Waals surface area (Å²) in [6.07, 6.45) is -5.22. The van der Waals surface area contributed by atoms with Crippen LogP contribution in [-0.4, -0.2) is 24.6 Å². The van der Waals surface area contributed by atoms with Gasteiger partial charge in [0, 0.05) is 6.07 Å². The molecule has 2 unspecified atom stereocenters. The molecule has 1 saturated heterocycles. The molecule has 0 aromatic heterocycles. The van der Waals surface area contributed by atoms with Crippen molar-refractivity contribution in [2.75, 3.05) is 6.61 Å². The van der Waals surface area contributed by atoms with Gasteiger partial charge in [-0.3, -0.25) is 10.6 Å². The highest BCUT2D eigenvalue weighted by Crippen LogP contribution is 2.38. The number of esters is 1. The molecule has 33 heavy (non-hydrogen) atoms. The Labute approximate surface area is 187 Å². The Hall–Kier alpha value is -3.43. The van der Waals surface area contributed by atoms with Gasteiger partial charge in [0.2, 0.25) is 0 Å². The summed E-state index contributed by atoms with van der Waals surface area (Å²) in [7, 11) is 0. The quantitative estimate of drug-likeness (QED) is 0.415. The molecule has 9 heteroatoms. The number of halogens is 4. The van der Waals surface area contributed by atoms with Crippen LogP contribution in [0.4, 0.5) is 17.6 Å². The van der Waals surface area contributed by atoms with Gasteiger partial charge in [-0.2, -0.15) is 13.2 Å². The molecule has 1 aliphatic rings. The number of alkyl halides is 3. The zero-order chi connectivity index (χ0) is 23.5. The second kappa shape index (κ2) is 9.21. The Morgan fingerprint density at radius 1 is 0.848 bits per heavy atom. The zero-order valence-electron chi connectivity index (χ0n) is 17.2. The summed E-state index contributed by atoms with van der Waals surface area (Å²) in [6, 6.07) is 22.0. The Kier molecular flexibility index (Phi) is 6.35. The number of nitrogens with one attached hydrogen (secondary N) is 2. The molecule has 4 rings (SSSR count). The average Bonchev–Trinajstić information content (AvgIpc) is 3.18. The van der Waals surface area contributed by atoms with Gasteiger partial charge >= 0.3 is 12.1 Å². The van der Waals surface area contributed by atoms with E-state index in [0.29, 0.717) is 0 Å². The SMILES string of the molecule is O=C(OC1(COc2cccc(F)c2)NC(c2ccccc2)C(c2ccccc2)N1)C(F)(F)F. The summed E-state index contributed by atoms with van der Waals surface area (Å²) in [5, 5.41) is 5.97. The van der Waals surface area contributed by atoms with Crippen molar-refractivity contribution in [1.29, 1.82) is 0 Å². The van der Waals surface area contributed by atoms with Crippen LogP contribution in [0.3, 0.4) is 0 Å². The molecule has 172 valence electrons. The molecule has 0 radical (unpaired) electrons. The van der Waals surface area contributed by atoms with Crippen molar-refractivity contribution >= 4 is 5.97 Å². The third-order valence-corrected chi connectivity index (χ3v) is 5.16. The molecule has 0 aliphatic carbocycles. The fourth-order valence-electron chi connectivity index (χ4n) is 3.71. The van der Waals surface area contributed by atoms with Crippen molar-refractivity contribution in [3.63, 3.8) is 0 Å². The topological polar surface area (TPSA) is 59.6 Å². The van der Waals surface area contributed by atoms with Crippen LogP contribution in [0.5, 0.6) is 5.75 Å². The number of carbonyl (C=O) groups is 1. The maximum Gasteiger partial charge on any atom is 0.491 e. The Balaban J connectivity index is 1.70. The van der Waals surface area contributed by atoms with E-state index in [1.165, 1.54) is 18.2 Å². The lowest BCUT2D eigenvalue weighted by molar-refractivity contribution is -0.221. The first-order valence-electron chi connectivity index (χ1n) is 10.1. The van der Waals surface area contributed by atoms with Gasteiger partial charge in [-0.05, 0) is 23.3 Å². The predicted octanol–water partition coefficient (Wildman–Crippen LogP) is 4.64. The highest BCUT2D eigenvalue weighted by atomic mass is 19.4. The maximum atomic E-state index is 13.6. The second-order valence-electron chi connectivity index (χ2n) is 7.53. The summed E-state index contributed by atoms with van der Waals surface area (Å²) in [5.74, 6) is -4.93. The number of benzene rings is 3. The maximum absolute atomic E-state index is 13.6. The van der Waals surface area contributed by atoms with E-state index >= 15 is 0 Å². The van der Waals surface area contributed by atoms with E-state index in [1.807, 2.05) is 36.4 Å². The zero-order valence-corrected chi connectivity index (χ0v) is 17.2. The van der Waals surface area contributed by atoms with Gasteiger partial charge in [0.1, 0.15) is 11.6 Å². The molecule has 0 bridgehead atoms. The van der Waals surface area contributed by atoms with Crippen molar-refractivity contribution in [1.82, 2.24) is 10.6 Å². The Morgan fingerprint density at radius 3 is 1.88 bits per heavy atom. The minimum atomic E-state index is -5.22. The highest BCUT2D eigenvalue weighted by Gasteiger charge is 2.53. The molecule has 3 aromatic rings. The summed E-state index contributed by atoms with van der Waals surface area (Å²) in [6.45, 7) is -0.551. The smallest absolute Gasteiger partial charge is 0.486 e. The van der Waals surface area contributed by atoms with E-state index < -0.39 is 42.5 Å². The monoisotopic (exact) mass is 460 g/mol. The second-order valence-corrected chi connectivity index (χ2v) is 7.53. The molecule has 1 heterocycles. The summed E-state index contributed by atoms with van der Waals surface area (Å²) >= 11 is 0. The first-order chi connectivity index (χ1) is 15.8. The van der Waals surface area contributed by atoms with Crippen molar-refractivity contribution in [2.45, 2.75) is 24.1 Å².